The summed E-state index contributed by atoms with van der Waals surface area (Å²) in [5.41, 5.74) is 0. The molecule has 0 aromatic heterocycles. The van der Waals surface area contributed by atoms with E-state index in [0.29, 0.717) is 18.7 Å². The molecule has 110 valence electrons. The van der Waals surface area contributed by atoms with E-state index in [9.17, 15) is 9.18 Å². The molecule has 20 heavy (non-hydrogen) atoms. The maximum atomic E-state index is 12.8. The van der Waals surface area contributed by atoms with Crippen molar-refractivity contribution < 1.29 is 14.3 Å². The van der Waals surface area contributed by atoms with Crippen molar-refractivity contribution in [3.63, 3.8) is 0 Å². The van der Waals surface area contributed by atoms with Gasteiger partial charge in [-0.25, -0.2) is 4.39 Å². The number of halogens is 1. The lowest BCUT2D eigenvalue weighted by molar-refractivity contribution is -0.132. The summed E-state index contributed by atoms with van der Waals surface area (Å²) in [7, 11) is 0. The lowest BCUT2D eigenvalue weighted by Crippen LogP contribution is -2.41. The number of carbonyl (C=O) groups excluding carboxylic acids is 1. The summed E-state index contributed by atoms with van der Waals surface area (Å²) in [6, 6.07) is 6.32. The van der Waals surface area contributed by atoms with Gasteiger partial charge in [0, 0.05) is 36.8 Å². The van der Waals surface area contributed by atoms with Gasteiger partial charge in [-0.3, -0.25) is 4.79 Å². The minimum absolute atomic E-state index is 0.151. The van der Waals surface area contributed by atoms with Crippen LogP contribution in [0.1, 0.15) is 19.3 Å². The van der Waals surface area contributed by atoms with Crippen molar-refractivity contribution in [2.45, 2.75) is 24.2 Å². The number of hydrogen-bond acceptors (Lipinski definition) is 3. The van der Waals surface area contributed by atoms with Gasteiger partial charge in [0.1, 0.15) is 5.82 Å². The van der Waals surface area contributed by atoms with Crippen LogP contribution < -0.4 is 0 Å². The molecule has 1 aromatic carbocycles. The molecule has 1 unspecified atom stereocenters. The number of piperidine rings is 1. The van der Waals surface area contributed by atoms with Crippen molar-refractivity contribution in [1.29, 1.82) is 0 Å². The first-order valence-electron chi connectivity index (χ1n) is 6.96. The zero-order chi connectivity index (χ0) is 14.4. The van der Waals surface area contributed by atoms with Crippen LogP contribution in [0, 0.1) is 11.7 Å². The van der Waals surface area contributed by atoms with Gasteiger partial charge in [-0.15, -0.1) is 11.8 Å². The number of likely N-dealkylation sites (tertiary alicyclic amines) is 1. The molecule has 3 nitrogen and oxygen atoms in total. The van der Waals surface area contributed by atoms with Gasteiger partial charge in [0.2, 0.25) is 5.91 Å². The van der Waals surface area contributed by atoms with Gasteiger partial charge in [0.05, 0.1) is 0 Å². The first-order valence-corrected chi connectivity index (χ1v) is 7.94. The number of benzene rings is 1. The number of hydrogen-bond donors (Lipinski definition) is 1. The molecule has 1 atom stereocenters. The fraction of sp³-hybridized carbons (Fsp3) is 0.533. The summed E-state index contributed by atoms with van der Waals surface area (Å²) in [4.78, 5) is 14.9. The average molecular weight is 297 g/mol. The molecule has 1 fully saturated rings. The van der Waals surface area contributed by atoms with E-state index >= 15 is 0 Å². The summed E-state index contributed by atoms with van der Waals surface area (Å²) in [5.74, 6) is 0.842. The van der Waals surface area contributed by atoms with Crippen molar-refractivity contribution in [3.8, 4) is 0 Å². The molecule has 0 saturated carbocycles. The Morgan fingerprint density at radius 1 is 1.40 bits per heavy atom. The fourth-order valence-corrected chi connectivity index (χ4v) is 3.23. The van der Waals surface area contributed by atoms with Crippen LogP contribution in [-0.4, -0.2) is 41.4 Å². The lowest BCUT2D eigenvalue weighted by atomic mass is 9.99. The van der Waals surface area contributed by atoms with E-state index in [2.05, 4.69) is 0 Å². The highest BCUT2D eigenvalue weighted by Gasteiger charge is 2.22. The number of nitrogens with zero attached hydrogens (tertiary/aromatic N) is 1. The van der Waals surface area contributed by atoms with E-state index in [1.165, 1.54) is 12.1 Å². The third kappa shape index (κ3) is 4.49. The second-order valence-corrected chi connectivity index (χ2v) is 6.25. The molecule has 1 amide bonds. The van der Waals surface area contributed by atoms with E-state index in [0.717, 1.165) is 24.3 Å². The van der Waals surface area contributed by atoms with Crippen LogP contribution in [-0.2, 0) is 4.79 Å². The normalized spacial score (nSPS) is 19.1. The molecule has 0 radical (unpaired) electrons. The summed E-state index contributed by atoms with van der Waals surface area (Å²) in [6.07, 6.45) is 2.47. The Morgan fingerprint density at radius 2 is 2.15 bits per heavy atom. The average Bonchev–Trinajstić information content (AvgIpc) is 2.49. The minimum Gasteiger partial charge on any atom is -0.396 e. The van der Waals surface area contributed by atoms with Crippen LogP contribution >= 0.6 is 11.8 Å². The highest BCUT2D eigenvalue weighted by Crippen LogP contribution is 2.21. The molecule has 1 saturated heterocycles. The number of aliphatic hydroxyl groups excluding tert-OH is 1. The van der Waals surface area contributed by atoms with Crippen molar-refractivity contribution in [2.75, 3.05) is 25.4 Å². The van der Waals surface area contributed by atoms with E-state index in [1.807, 2.05) is 4.90 Å². The zero-order valence-corrected chi connectivity index (χ0v) is 12.2. The van der Waals surface area contributed by atoms with Crippen LogP contribution in [0.2, 0.25) is 0 Å². The second kappa shape index (κ2) is 7.64. The number of amides is 1. The van der Waals surface area contributed by atoms with Crippen LogP contribution in [0.25, 0.3) is 0 Å². The van der Waals surface area contributed by atoms with E-state index in [1.54, 1.807) is 23.9 Å². The highest BCUT2D eigenvalue weighted by molar-refractivity contribution is 7.99. The van der Waals surface area contributed by atoms with Gasteiger partial charge < -0.3 is 10.0 Å². The topological polar surface area (TPSA) is 40.5 Å². The molecule has 5 heteroatoms. The fourth-order valence-electron chi connectivity index (χ4n) is 2.39. The molecule has 0 spiro atoms. The van der Waals surface area contributed by atoms with Crippen molar-refractivity contribution in [1.82, 2.24) is 4.90 Å². The molecule has 2 rings (SSSR count). The Bertz CT molecular complexity index is 438. The first-order chi connectivity index (χ1) is 9.69. The molecule has 1 aromatic rings. The van der Waals surface area contributed by atoms with E-state index in [-0.39, 0.29) is 24.2 Å². The van der Waals surface area contributed by atoms with Crippen molar-refractivity contribution in [3.05, 3.63) is 30.1 Å². The molecule has 1 aliphatic rings. The second-order valence-electron chi connectivity index (χ2n) is 5.08. The summed E-state index contributed by atoms with van der Waals surface area (Å²) in [5, 5.41) is 9.17. The van der Waals surface area contributed by atoms with Gasteiger partial charge in [-0.2, -0.15) is 0 Å². The van der Waals surface area contributed by atoms with Crippen molar-refractivity contribution >= 4 is 17.7 Å². The number of carbonyl (C=O) groups is 1. The minimum atomic E-state index is -0.242. The van der Waals surface area contributed by atoms with Gasteiger partial charge in [-0.1, -0.05) is 0 Å². The van der Waals surface area contributed by atoms with Gasteiger partial charge >= 0.3 is 0 Å². The smallest absolute Gasteiger partial charge is 0.223 e. The Morgan fingerprint density at radius 3 is 2.85 bits per heavy atom. The first kappa shape index (κ1) is 15.3. The maximum Gasteiger partial charge on any atom is 0.223 e. The Hall–Kier alpha value is -1.07. The van der Waals surface area contributed by atoms with Gasteiger partial charge in [-0.05, 0) is 43.0 Å². The van der Waals surface area contributed by atoms with Crippen molar-refractivity contribution in [2.24, 2.45) is 5.92 Å². The monoisotopic (exact) mass is 297 g/mol. The Kier molecular flexibility index (Phi) is 5.86. The zero-order valence-electron chi connectivity index (χ0n) is 11.4. The molecule has 1 N–H and O–H groups in total. The molecular formula is C15H20FNO2S. The number of thioether (sulfide) groups is 1. The summed E-state index contributed by atoms with van der Waals surface area (Å²) < 4.78 is 12.8. The molecular weight excluding hydrogens is 277 g/mol. The number of aliphatic hydroxyl groups is 1. The molecule has 0 bridgehead atoms. The Balaban J connectivity index is 1.73. The lowest BCUT2D eigenvalue weighted by Gasteiger charge is -2.31. The highest BCUT2D eigenvalue weighted by atomic mass is 32.2. The molecule has 1 heterocycles. The SMILES string of the molecule is O=C(CCSc1ccc(F)cc1)N1CCCC(CO)C1. The summed E-state index contributed by atoms with van der Waals surface area (Å²) in [6.45, 7) is 1.64. The van der Waals surface area contributed by atoms with E-state index in [4.69, 9.17) is 5.11 Å². The number of rotatable bonds is 5. The molecule has 1 aliphatic heterocycles. The quantitative estimate of drug-likeness (QED) is 0.849. The largest absolute Gasteiger partial charge is 0.396 e. The van der Waals surface area contributed by atoms with Crippen LogP contribution in [0.15, 0.2) is 29.2 Å². The Labute approximate surface area is 123 Å². The van der Waals surface area contributed by atoms with Crippen LogP contribution in [0.3, 0.4) is 0 Å². The van der Waals surface area contributed by atoms with E-state index < -0.39 is 0 Å². The predicted molar refractivity (Wildman–Crippen MR) is 78.1 cm³/mol. The van der Waals surface area contributed by atoms with Crippen LogP contribution in [0.4, 0.5) is 4.39 Å². The molecule has 0 aliphatic carbocycles. The third-order valence-corrected chi connectivity index (χ3v) is 4.54. The summed E-state index contributed by atoms with van der Waals surface area (Å²) >= 11 is 1.56. The predicted octanol–water partition coefficient (Wildman–Crippen LogP) is 2.54. The van der Waals surface area contributed by atoms with Crippen LogP contribution in [0.5, 0.6) is 0 Å². The third-order valence-electron chi connectivity index (χ3n) is 3.53. The maximum absolute atomic E-state index is 12.8. The standard InChI is InChI=1S/C15H20FNO2S/c16-13-3-5-14(6-4-13)20-9-7-15(19)17-8-1-2-12(10-17)11-18/h3-6,12,18H,1-2,7-11H2. The van der Waals surface area contributed by atoms with Gasteiger partial charge in [0.15, 0.2) is 0 Å². The van der Waals surface area contributed by atoms with Gasteiger partial charge in [0.25, 0.3) is 0 Å².